The lowest BCUT2D eigenvalue weighted by Crippen LogP contribution is -1.97. The van der Waals surface area contributed by atoms with E-state index >= 15 is 0 Å². The molecule has 3 nitrogen and oxygen atoms in total. The monoisotopic (exact) mass is 160 g/mol. The van der Waals surface area contributed by atoms with Gasteiger partial charge in [-0.15, -0.1) is 0 Å². The van der Waals surface area contributed by atoms with Crippen LogP contribution in [-0.4, -0.2) is 13.1 Å². The molecule has 0 aromatic carbocycles. The van der Waals surface area contributed by atoms with E-state index in [9.17, 15) is 4.79 Å². The Labute approximate surface area is 62.5 Å². The van der Waals surface area contributed by atoms with Crippen molar-refractivity contribution in [1.29, 1.82) is 0 Å². The molecule has 0 N–H and O–H groups in total. The summed E-state index contributed by atoms with van der Waals surface area (Å²) >= 11 is 5.46. The predicted octanol–water partition coefficient (Wildman–Crippen LogP) is 1.72. The zero-order valence-corrected chi connectivity index (χ0v) is 6.01. The second kappa shape index (κ2) is 2.75. The van der Waals surface area contributed by atoms with Gasteiger partial charge >= 0.3 is 5.97 Å². The third-order valence-corrected chi connectivity index (χ3v) is 1.15. The molecule has 0 radical (unpaired) electrons. The molecule has 1 aromatic rings. The summed E-state index contributed by atoms with van der Waals surface area (Å²) in [6.07, 6.45) is 1.27. The zero-order valence-electron chi connectivity index (χ0n) is 5.26. The fourth-order valence-electron chi connectivity index (χ4n) is 0.521. The van der Waals surface area contributed by atoms with E-state index < -0.39 is 5.97 Å². The summed E-state index contributed by atoms with van der Waals surface area (Å²) < 4.78 is 9.07. The maximum Gasteiger partial charge on any atom is 0.373 e. The Morgan fingerprint density at radius 3 is 2.90 bits per heavy atom. The van der Waals surface area contributed by atoms with Gasteiger partial charge in [0.15, 0.2) is 0 Å². The standard InChI is InChI=1S/C6H5ClO3/c1-9-6(8)5-2-4(7)3-10-5/h2-3H,1H3. The molecule has 0 amide bonds. The van der Waals surface area contributed by atoms with Crippen LogP contribution in [0, 0.1) is 0 Å². The average molecular weight is 161 g/mol. The van der Waals surface area contributed by atoms with Crippen LogP contribution >= 0.6 is 11.6 Å². The van der Waals surface area contributed by atoms with Crippen LogP contribution in [0.25, 0.3) is 0 Å². The minimum atomic E-state index is -0.521. The van der Waals surface area contributed by atoms with Gasteiger partial charge in [0.05, 0.1) is 12.1 Å². The molecule has 0 saturated heterocycles. The first-order chi connectivity index (χ1) is 4.74. The zero-order chi connectivity index (χ0) is 7.56. The number of halogens is 1. The number of hydrogen-bond acceptors (Lipinski definition) is 3. The second-order valence-corrected chi connectivity index (χ2v) is 2.06. The molecule has 0 fully saturated rings. The first kappa shape index (κ1) is 7.15. The molecule has 10 heavy (non-hydrogen) atoms. The molecule has 0 aliphatic rings. The number of hydrogen-bond donors (Lipinski definition) is 0. The number of carbonyl (C=O) groups is 1. The molecule has 0 spiro atoms. The van der Waals surface area contributed by atoms with Crippen LogP contribution < -0.4 is 0 Å². The third-order valence-electron chi connectivity index (χ3n) is 0.954. The average Bonchev–Trinajstić information content (AvgIpc) is 2.34. The summed E-state index contributed by atoms with van der Waals surface area (Å²) in [5, 5.41) is 0.389. The molecule has 1 rings (SSSR count). The van der Waals surface area contributed by atoms with Crippen LogP contribution in [0.2, 0.25) is 5.02 Å². The minimum absolute atomic E-state index is 0.118. The summed E-state index contributed by atoms with van der Waals surface area (Å²) in [4.78, 5) is 10.7. The Morgan fingerprint density at radius 2 is 2.50 bits per heavy atom. The molecule has 54 valence electrons. The summed E-state index contributed by atoms with van der Waals surface area (Å²) in [6.45, 7) is 0. The highest BCUT2D eigenvalue weighted by atomic mass is 35.5. The summed E-state index contributed by atoms with van der Waals surface area (Å²) in [5.74, 6) is -0.403. The predicted molar refractivity (Wildman–Crippen MR) is 35.1 cm³/mol. The van der Waals surface area contributed by atoms with Gasteiger partial charge in [0.1, 0.15) is 6.26 Å². The van der Waals surface area contributed by atoms with Crippen molar-refractivity contribution in [2.24, 2.45) is 0 Å². The first-order valence-electron chi connectivity index (χ1n) is 2.56. The molecule has 0 unspecified atom stereocenters. The Balaban J connectivity index is 2.85. The van der Waals surface area contributed by atoms with E-state index in [1.807, 2.05) is 0 Å². The van der Waals surface area contributed by atoms with Crippen LogP contribution in [0.4, 0.5) is 0 Å². The van der Waals surface area contributed by atoms with Crippen LogP contribution in [0.3, 0.4) is 0 Å². The summed E-state index contributed by atoms with van der Waals surface area (Å²) in [5.41, 5.74) is 0. The van der Waals surface area contributed by atoms with E-state index in [2.05, 4.69) is 4.74 Å². The van der Waals surface area contributed by atoms with Crippen molar-refractivity contribution in [3.05, 3.63) is 23.1 Å². The number of carbonyl (C=O) groups excluding carboxylic acids is 1. The molecule has 1 heterocycles. The summed E-state index contributed by atoms with van der Waals surface area (Å²) in [7, 11) is 1.28. The first-order valence-corrected chi connectivity index (χ1v) is 2.94. The maximum atomic E-state index is 10.7. The van der Waals surface area contributed by atoms with Gasteiger partial charge in [0.25, 0.3) is 0 Å². The van der Waals surface area contributed by atoms with E-state index in [0.717, 1.165) is 0 Å². The SMILES string of the molecule is COC(=O)c1cc(Cl)co1. The molecule has 0 aliphatic carbocycles. The number of rotatable bonds is 1. The van der Waals surface area contributed by atoms with Crippen molar-refractivity contribution in [2.45, 2.75) is 0 Å². The molecule has 0 atom stereocenters. The van der Waals surface area contributed by atoms with Gasteiger partial charge in [0.2, 0.25) is 5.76 Å². The fourth-order valence-corrected chi connectivity index (χ4v) is 0.664. The largest absolute Gasteiger partial charge is 0.463 e. The molecule has 0 saturated carbocycles. The van der Waals surface area contributed by atoms with E-state index in [1.54, 1.807) is 0 Å². The van der Waals surface area contributed by atoms with Crippen LogP contribution in [0.5, 0.6) is 0 Å². The van der Waals surface area contributed by atoms with Crippen LogP contribution in [0.15, 0.2) is 16.7 Å². The van der Waals surface area contributed by atoms with Gasteiger partial charge in [-0.3, -0.25) is 0 Å². The Morgan fingerprint density at radius 1 is 1.80 bits per heavy atom. The molecular formula is C6H5ClO3. The van der Waals surface area contributed by atoms with E-state index in [1.165, 1.54) is 19.4 Å². The molecule has 1 aromatic heterocycles. The Bertz CT molecular complexity index is 241. The van der Waals surface area contributed by atoms with Gasteiger partial charge < -0.3 is 9.15 Å². The highest BCUT2D eigenvalue weighted by molar-refractivity contribution is 6.30. The Kier molecular flexibility index (Phi) is 1.97. The third kappa shape index (κ3) is 1.30. The van der Waals surface area contributed by atoms with Crippen molar-refractivity contribution >= 4 is 17.6 Å². The lowest BCUT2D eigenvalue weighted by Gasteiger charge is -1.89. The normalized spacial score (nSPS) is 9.40. The van der Waals surface area contributed by atoms with Crippen LogP contribution in [-0.2, 0) is 4.74 Å². The number of methoxy groups -OCH3 is 1. The molecule has 4 heteroatoms. The number of esters is 1. The van der Waals surface area contributed by atoms with E-state index in [0.29, 0.717) is 5.02 Å². The molecular weight excluding hydrogens is 156 g/mol. The van der Waals surface area contributed by atoms with Gasteiger partial charge in [-0.2, -0.15) is 0 Å². The maximum absolute atomic E-state index is 10.7. The lowest BCUT2D eigenvalue weighted by atomic mass is 10.5. The summed E-state index contributed by atoms with van der Waals surface area (Å²) in [6, 6.07) is 1.40. The van der Waals surface area contributed by atoms with Crippen molar-refractivity contribution in [3.8, 4) is 0 Å². The molecule has 0 bridgehead atoms. The van der Waals surface area contributed by atoms with Crippen molar-refractivity contribution in [2.75, 3.05) is 7.11 Å². The molecule has 0 aliphatic heterocycles. The van der Waals surface area contributed by atoms with Gasteiger partial charge in [-0.05, 0) is 0 Å². The van der Waals surface area contributed by atoms with E-state index in [-0.39, 0.29) is 5.76 Å². The van der Waals surface area contributed by atoms with Crippen molar-refractivity contribution in [3.63, 3.8) is 0 Å². The highest BCUT2D eigenvalue weighted by Crippen LogP contribution is 2.13. The topological polar surface area (TPSA) is 39.4 Å². The van der Waals surface area contributed by atoms with Gasteiger partial charge in [-0.25, -0.2) is 4.79 Å². The number of ether oxygens (including phenoxy) is 1. The minimum Gasteiger partial charge on any atom is -0.463 e. The quantitative estimate of drug-likeness (QED) is 0.588. The fraction of sp³-hybridized carbons (Fsp3) is 0.167. The van der Waals surface area contributed by atoms with Crippen molar-refractivity contribution in [1.82, 2.24) is 0 Å². The van der Waals surface area contributed by atoms with Crippen LogP contribution in [0.1, 0.15) is 10.6 Å². The van der Waals surface area contributed by atoms with E-state index in [4.69, 9.17) is 16.0 Å². The number of furan rings is 1. The van der Waals surface area contributed by atoms with Gasteiger partial charge in [0, 0.05) is 6.07 Å². The highest BCUT2D eigenvalue weighted by Gasteiger charge is 2.08. The Hall–Kier alpha value is -0.960. The smallest absolute Gasteiger partial charge is 0.373 e. The van der Waals surface area contributed by atoms with Crippen molar-refractivity contribution < 1.29 is 13.9 Å². The van der Waals surface area contributed by atoms with Gasteiger partial charge in [-0.1, -0.05) is 11.6 Å². The lowest BCUT2D eigenvalue weighted by molar-refractivity contribution is 0.0565. The second-order valence-electron chi connectivity index (χ2n) is 1.62.